The minimum atomic E-state index is -0.675. The Kier molecular flexibility index (Phi) is 3.20. The molecule has 3 aromatic rings. The summed E-state index contributed by atoms with van der Waals surface area (Å²) in [6.45, 7) is 0.327. The van der Waals surface area contributed by atoms with Gasteiger partial charge in [0, 0.05) is 12.6 Å². The summed E-state index contributed by atoms with van der Waals surface area (Å²) in [7, 11) is 0. The van der Waals surface area contributed by atoms with Crippen LogP contribution in [0.25, 0.3) is 11.0 Å². The number of rotatable bonds is 3. The Morgan fingerprint density at radius 2 is 1.90 bits per heavy atom. The molecule has 0 aliphatic carbocycles. The van der Waals surface area contributed by atoms with Crippen molar-refractivity contribution in [2.24, 2.45) is 5.73 Å². The average Bonchev–Trinajstić information content (AvgIpc) is 2.84. The van der Waals surface area contributed by atoms with Crippen molar-refractivity contribution in [2.45, 2.75) is 5.92 Å². The highest BCUT2D eigenvalue weighted by atomic mass is 19.1. The van der Waals surface area contributed by atoms with E-state index in [0.29, 0.717) is 17.9 Å². The van der Waals surface area contributed by atoms with Crippen LogP contribution in [0.2, 0.25) is 0 Å². The highest BCUT2D eigenvalue weighted by Crippen LogP contribution is 2.25. The predicted molar refractivity (Wildman–Crippen MR) is 73.3 cm³/mol. The van der Waals surface area contributed by atoms with E-state index in [2.05, 4.69) is 9.97 Å². The quantitative estimate of drug-likeness (QED) is 0.771. The third kappa shape index (κ3) is 2.16. The SMILES string of the molecule is NCC(c1ccccc1)c1nc2c(F)cc(F)cc2[nH]1. The van der Waals surface area contributed by atoms with E-state index in [9.17, 15) is 8.78 Å². The third-order valence-electron chi connectivity index (χ3n) is 3.29. The van der Waals surface area contributed by atoms with Crippen molar-refractivity contribution in [2.75, 3.05) is 6.54 Å². The largest absolute Gasteiger partial charge is 0.341 e. The number of nitrogens with two attached hydrogens (primary N) is 1. The fourth-order valence-corrected chi connectivity index (χ4v) is 2.32. The van der Waals surface area contributed by atoms with Crippen molar-refractivity contribution < 1.29 is 8.78 Å². The second-order valence-electron chi connectivity index (χ2n) is 4.60. The van der Waals surface area contributed by atoms with Crippen molar-refractivity contribution in [3.8, 4) is 0 Å². The van der Waals surface area contributed by atoms with Crippen LogP contribution in [0.15, 0.2) is 42.5 Å². The van der Waals surface area contributed by atoms with Crippen LogP contribution < -0.4 is 5.73 Å². The monoisotopic (exact) mass is 273 g/mol. The standard InChI is InChI=1S/C15H13F2N3/c16-10-6-12(17)14-13(7-10)19-15(20-14)11(8-18)9-4-2-1-3-5-9/h1-7,11H,8,18H2,(H,19,20). The maximum atomic E-state index is 13.7. The van der Waals surface area contributed by atoms with Crippen LogP contribution >= 0.6 is 0 Å². The maximum Gasteiger partial charge on any atom is 0.153 e. The molecule has 0 aliphatic rings. The molecule has 3 nitrogen and oxygen atoms in total. The first-order chi connectivity index (χ1) is 9.69. The average molecular weight is 273 g/mol. The Bertz CT molecular complexity index is 737. The number of hydrogen-bond acceptors (Lipinski definition) is 2. The lowest BCUT2D eigenvalue weighted by atomic mass is 9.99. The number of nitrogens with zero attached hydrogens (tertiary/aromatic N) is 1. The number of H-pyrrole nitrogens is 1. The van der Waals surface area contributed by atoms with Gasteiger partial charge in [-0.3, -0.25) is 0 Å². The van der Waals surface area contributed by atoms with Gasteiger partial charge >= 0.3 is 0 Å². The summed E-state index contributed by atoms with van der Waals surface area (Å²) in [6, 6.07) is 11.6. The van der Waals surface area contributed by atoms with Gasteiger partial charge in [-0.1, -0.05) is 30.3 Å². The van der Waals surface area contributed by atoms with Crippen LogP contribution in [0.5, 0.6) is 0 Å². The van der Waals surface area contributed by atoms with Crippen molar-refractivity contribution in [3.05, 3.63) is 65.5 Å². The van der Waals surface area contributed by atoms with Gasteiger partial charge in [0.15, 0.2) is 5.82 Å². The molecule has 1 atom stereocenters. The second-order valence-corrected chi connectivity index (χ2v) is 4.60. The van der Waals surface area contributed by atoms with E-state index >= 15 is 0 Å². The highest BCUT2D eigenvalue weighted by Gasteiger charge is 2.18. The van der Waals surface area contributed by atoms with Crippen LogP contribution in [-0.2, 0) is 0 Å². The summed E-state index contributed by atoms with van der Waals surface area (Å²) < 4.78 is 26.9. The van der Waals surface area contributed by atoms with Gasteiger partial charge in [0.25, 0.3) is 0 Å². The number of benzene rings is 2. The molecular weight excluding hydrogens is 260 g/mol. The minimum Gasteiger partial charge on any atom is -0.341 e. The zero-order valence-corrected chi connectivity index (χ0v) is 10.6. The van der Waals surface area contributed by atoms with Crippen LogP contribution in [0.3, 0.4) is 0 Å². The summed E-state index contributed by atoms with van der Waals surface area (Å²) >= 11 is 0. The first-order valence-electron chi connectivity index (χ1n) is 6.28. The molecule has 1 aromatic heterocycles. The molecule has 0 bridgehead atoms. The molecule has 0 saturated heterocycles. The van der Waals surface area contributed by atoms with E-state index in [-0.39, 0.29) is 11.4 Å². The fourth-order valence-electron chi connectivity index (χ4n) is 2.32. The van der Waals surface area contributed by atoms with Crippen molar-refractivity contribution >= 4 is 11.0 Å². The van der Waals surface area contributed by atoms with E-state index in [1.165, 1.54) is 6.07 Å². The van der Waals surface area contributed by atoms with Gasteiger partial charge in [-0.25, -0.2) is 13.8 Å². The molecule has 0 radical (unpaired) electrons. The smallest absolute Gasteiger partial charge is 0.153 e. The molecule has 0 aliphatic heterocycles. The molecule has 3 rings (SSSR count). The van der Waals surface area contributed by atoms with Crippen LogP contribution in [0.1, 0.15) is 17.3 Å². The molecule has 102 valence electrons. The Morgan fingerprint density at radius 3 is 2.60 bits per heavy atom. The number of fused-ring (bicyclic) bond motifs is 1. The molecule has 0 fully saturated rings. The van der Waals surface area contributed by atoms with E-state index in [1.807, 2.05) is 30.3 Å². The molecule has 3 N–H and O–H groups in total. The lowest BCUT2D eigenvalue weighted by Gasteiger charge is -2.11. The lowest BCUT2D eigenvalue weighted by molar-refractivity contribution is 0.590. The first kappa shape index (κ1) is 12.7. The van der Waals surface area contributed by atoms with Crippen LogP contribution in [-0.4, -0.2) is 16.5 Å². The first-order valence-corrected chi connectivity index (χ1v) is 6.28. The highest BCUT2D eigenvalue weighted by molar-refractivity contribution is 5.76. The van der Waals surface area contributed by atoms with E-state index in [0.717, 1.165) is 11.6 Å². The summed E-state index contributed by atoms with van der Waals surface area (Å²) in [5, 5.41) is 0. The molecule has 0 amide bonds. The predicted octanol–water partition coefficient (Wildman–Crippen LogP) is 2.93. The van der Waals surface area contributed by atoms with Crippen LogP contribution in [0.4, 0.5) is 8.78 Å². The van der Waals surface area contributed by atoms with Gasteiger partial charge in [0.2, 0.25) is 0 Å². The summed E-state index contributed by atoms with van der Waals surface area (Å²) in [4.78, 5) is 7.18. The molecular formula is C15H13F2N3. The maximum absolute atomic E-state index is 13.7. The summed E-state index contributed by atoms with van der Waals surface area (Å²) in [5.74, 6) is -0.940. The lowest BCUT2D eigenvalue weighted by Crippen LogP contribution is -2.15. The van der Waals surface area contributed by atoms with Crippen LogP contribution in [0, 0.1) is 11.6 Å². The Morgan fingerprint density at radius 1 is 1.15 bits per heavy atom. The van der Waals surface area contributed by atoms with Gasteiger partial charge in [-0.2, -0.15) is 0 Å². The number of nitrogens with one attached hydrogen (secondary N) is 1. The fraction of sp³-hybridized carbons (Fsp3) is 0.133. The normalized spacial score (nSPS) is 12.8. The molecule has 1 heterocycles. The molecule has 5 heteroatoms. The summed E-state index contributed by atoms with van der Waals surface area (Å²) in [6.07, 6.45) is 0. The third-order valence-corrected chi connectivity index (χ3v) is 3.29. The van der Waals surface area contributed by atoms with Crippen molar-refractivity contribution in [1.29, 1.82) is 0 Å². The molecule has 2 aromatic carbocycles. The molecule has 20 heavy (non-hydrogen) atoms. The van der Waals surface area contributed by atoms with E-state index < -0.39 is 11.6 Å². The number of aromatic amines is 1. The molecule has 0 spiro atoms. The Balaban J connectivity index is 2.11. The van der Waals surface area contributed by atoms with Gasteiger partial charge in [0.1, 0.15) is 17.2 Å². The van der Waals surface area contributed by atoms with E-state index in [1.54, 1.807) is 0 Å². The topological polar surface area (TPSA) is 54.7 Å². The van der Waals surface area contributed by atoms with E-state index in [4.69, 9.17) is 5.73 Å². The van der Waals surface area contributed by atoms with Gasteiger partial charge in [0.05, 0.1) is 11.4 Å². The zero-order chi connectivity index (χ0) is 14.1. The second kappa shape index (κ2) is 5.02. The number of imidazole rings is 1. The molecule has 0 saturated carbocycles. The van der Waals surface area contributed by atoms with Gasteiger partial charge in [-0.15, -0.1) is 0 Å². The number of halogens is 2. The van der Waals surface area contributed by atoms with Crippen molar-refractivity contribution in [3.63, 3.8) is 0 Å². The van der Waals surface area contributed by atoms with Gasteiger partial charge in [-0.05, 0) is 11.6 Å². The minimum absolute atomic E-state index is 0.135. The van der Waals surface area contributed by atoms with Crippen molar-refractivity contribution in [1.82, 2.24) is 9.97 Å². The molecule has 1 unspecified atom stereocenters. The number of hydrogen-bond donors (Lipinski definition) is 2. The summed E-state index contributed by atoms with van der Waals surface area (Å²) in [5.41, 5.74) is 7.25. The number of aromatic nitrogens is 2. The Labute approximate surface area is 114 Å². The van der Waals surface area contributed by atoms with Gasteiger partial charge < -0.3 is 10.7 Å². The zero-order valence-electron chi connectivity index (χ0n) is 10.6. The Hall–Kier alpha value is -2.27.